The first-order chi connectivity index (χ1) is 14.5. The number of methoxy groups -OCH3 is 1. The Kier molecular flexibility index (Phi) is 6.35. The maximum atomic E-state index is 11.8. The molecule has 0 aliphatic carbocycles. The van der Waals surface area contributed by atoms with Crippen molar-refractivity contribution in [2.75, 3.05) is 26.7 Å². The normalized spacial score (nSPS) is 16.3. The van der Waals surface area contributed by atoms with Gasteiger partial charge in [0.15, 0.2) is 0 Å². The average Bonchev–Trinajstić information content (AvgIpc) is 3.15. The first kappa shape index (κ1) is 20.8. The smallest absolute Gasteiger partial charge is 0.309 e. The zero-order valence-corrected chi connectivity index (χ0v) is 18.3. The van der Waals surface area contributed by atoms with Gasteiger partial charge in [0.05, 0.1) is 13.5 Å². The van der Waals surface area contributed by atoms with E-state index < -0.39 is 0 Å². The minimum absolute atomic E-state index is 0.241. The number of nitrogens with zero attached hydrogens (tertiary/aromatic N) is 1. The van der Waals surface area contributed by atoms with Gasteiger partial charge in [-0.15, -0.1) is 11.3 Å². The molecule has 0 atom stereocenters. The van der Waals surface area contributed by atoms with E-state index in [9.17, 15) is 9.59 Å². The Morgan fingerprint density at radius 3 is 2.73 bits per heavy atom. The summed E-state index contributed by atoms with van der Waals surface area (Å²) in [6, 6.07) is 8.16. The SMILES string of the molecule is COC(=O)Cc1ccc2c(c1)C(=C1CCN(CCC(C)=O)CC1)c1sccc1CO2. The lowest BCUT2D eigenvalue weighted by Gasteiger charge is -2.29. The molecule has 2 aliphatic rings. The van der Waals surface area contributed by atoms with Crippen molar-refractivity contribution < 1.29 is 19.1 Å². The first-order valence-electron chi connectivity index (χ1n) is 10.4. The second-order valence-electron chi connectivity index (χ2n) is 7.92. The minimum atomic E-state index is -0.241. The molecule has 6 heteroatoms. The number of rotatable bonds is 5. The van der Waals surface area contributed by atoms with Crippen LogP contribution in [-0.4, -0.2) is 43.4 Å². The second kappa shape index (κ2) is 9.14. The van der Waals surface area contributed by atoms with Gasteiger partial charge in [0.1, 0.15) is 18.1 Å². The molecule has 1 fully saturated rings. The molecule has 0 radical (unpaired) electrons. The number of Topliss-reactive ketones (excluding diaryl/α,β-unsaturated/α-hetero) is 1. The highest BCUT2D eigenvalue weighted by Crippen LogP contribution is 2.43. The Bertz CT molecular complexity index is 981. The number of carbonyl (C=O) groups excluding carboxylic acids is 2. The lowest BCUT2D eigenvalue weighted by molar-refractivity contribution is -0.139. The van der Waals surface area contributed by atoms with Crippen LogP contribution in [0.25, 0.3) is 5.57 Å². The molecular weight excluding hydrogens is 398 g/mol. The van der Waals surface area contributed by atoms with Gasteiger partial charge in [0.25, 0.3) is 0 Å². The van der Waals surface area contributed by atoms with E-state index in [-0.39, 0.29) is 18.2 Å². The molecule has 1 aromatic carbocycles. The molecule has 0 N–H and O–H groups in total. The van der Waals surface area contributed by atoms with Crippen LogP contribution >= 0.6 is 11.3 Å². The number of benzene rings is 1. The fourth-order valence-electron chi connectivity index (χ4n) is 4.16. The number of fused-ring (bicyclic) bond motifs is 2. The van der Waals surface area contributed by atoms with Gasteiger partial charge in [0.2, 0.25) is 0 Å². The fourth-order valence-corrected chi connectivity index (χ4v) is 5.18. The van der Waals surface area contributed by atoms with Crippen molar-refractivity contribution in [2.24, 2.45) is 0 Å². The van der Waals surface area contributed by atoms with Gasteiger partial charge in [-0.1, -0.05) is 11.6 Å². The third kappa shape index (κ3) is 4.50. The van der Waals surface area contributed by atoms with Crippen molar-refractivity contribution in [2.45, 2.75) is 39.2 Å². The average molecular weight is 426 g/mol. The van der Waals surface area contributed by atoms with E-state index in [0.717, 1.165) is 49.4 Å². The molecule has 0 spiro atoms. The summed E-state index contributed by atoms with van der Waals surface area (Å²) in [5.41, 5.74) is 5.92. The quantitative estimate of drug-likeness (QED) is 0.671. The maximum absolute atomic E-state index is 11.8. The number of likely N-dealkylation sites (tertiary alicyclic amines) is 1. The van der Waals surface area contributed by atoms with E-state index in [1.54, 1.807) is 18.3 Å². The summed E-state index contributed by atoms with van der Waals surface area (Å²) in [6.07, 6.45) is 2.83. The van der Waals surface area contributed by atoms with Crippen LogP contribution in [0.4, 0.5) is 0 Å². The van der Waals surface area contributed by atoms with E-state index in [2.05, 4.69) is 22.4 Å². The minimum Gasteiger partial charge on any atom is -0.488 e. The van der Waals surface area contributed by atoms with Crippen LogP contribution in [0.5, 0.6) is 5.75 Å². The summed E-state index contributed by atoms with van der Waals surface area (Å²) in [5.74, 6) is 0.873. The topological polar surface area (TPSA) is 55.8 Å². The number of piperidine rings is 1. The van der Waals surface area contributed by atoms with Gasteiger partial charge < -0.3 is 14.4 Å². The standard InChI is InChI=1S/C24H27NO4S/c1-16(26)5-9-25-10-6-18(7-11-25)23-20-13-17(14-22(27)28-2)3-4-21(20)29-15-19-8-12-30-24(19)23/h3-4,8,12-13H,5-7,9-11,14-15H2,1-2H3. The lowest BCUT2D eigenvalue weighted by Crippen LogP contribution is -2.32. The zero-order chi connectivity index (χ0) is 21.1. The van der Waals surface area contributed by atoms with E-state index in [1.165, 1.54) is 28.7 Å². The van der Waals surface area contributed by atoms with Crippen LogP contribution in [0.15, 0.2) is 35.2 Å². The van der Waals surface area contributed by atoms with Crippen LogP contribution in [0.3, 0.4) is 0 Å². The molecule has 158 valence electrons. The largest absolute Gasteiger partial charge is 0.488 e. The number of carbonyl (C=O) groups is 2. The van der Waals surface area contributed by atoms with Crippen molar-refractivity contribution in [3.8, 4) is 5.75 Å². The van der Waals surface area contributed by atoms with Crippen molar-refractivity contribution >= 4 is 28.7 Å². The fraction of sp³-hybridized carbons (Fsp3) is 0.417. The molecule has 0 unspecified atom stereocenters. The molecule has 1 saturated heterocycles. The number of hydrogen-bond acceptors (Lipinski definition) is 6. The Hall–Kier alpha value is -2.44. The molecule has 2 aromatic rings. The lowest BCUT2D eigenvalue weighted by atomic mass is 9.89. The Morgan fingerprint density at radius 2 is 2.00 bits per heavy atom. The highest BCUT2D eigenvalue weighted by Gasteiger charge is 2.26. The molecule has 3 heterocycles. The van der Waals surface area contributed by atoms with Crippen molar-refractivity contribution in [3.63, 3.8) is 0 Å². The summed E-state index contributed by atoms with van der Waals surface area (Å²) in [5, 5.41) is 2.12. The maximum Gasteiger partial charge on any atom is 0.309 e. The third-order valence-electron chi connectivity index (χ3n) is 5.84. The Morgan fingerprint density at radius 1 is 1.20 bits per heavy atom. The molecule has 30 heavy (non-hydrogen) atoms. The molecule has 1 aromatic heterocycles. The van der Waals surface area contributed by atoms with Crippen LogP contribution in [-0.2, 0) is 27.4 Å². The molecule has 0 bridgehead atoms. The molecule has 4 rings (SSSR count). The van der Waals surface area contributed by atoms with Crippen molar-refractivity contribution in [3.05, 3.63) is 56.8 Å². The van der Waals surface area contributed by atoms with E-state index in [4.69, 9.17) is 9.47 Å². The van der Waals surface area contributed by atoms with Crippen LogP contribution < -0.4 is 4.74 Å². The summed E-state index contributed by atoms with van der Waals surface area (Å²) in [4.78, 5) is 26.8. The van der Waals surface area contributed by atoms with E-state index in [0.29, 0.717) is 13.0 Å². The monoisotopic (exact) mass is 425 g/mol. The summed E-state index contributed by atoms with van der Waals surface area (Å²) in [7, 11) is 1.42. The third-order valence-corrected chi connectivity index (χ3v) is 6.81. The summed E-state index contributed by atoms with van der Waals surface area (Å²) >= 11 is 1.76. The first-order valence-corrected chi connectivity index (χ1v) is 11.3. The van der Waals surface area contributed by atoms with Crippen molar-refractivity contribution in [1.82, 2.24) is 4.90 Å². The van der Waals surface area contributed by atoms with Crippen LogP contribution in [0.1, 0.15) is 47.8 Å². The number of ketones is 1. The van der Waals surface area contributed by atoms with Gasteiger partial charge in [-0.2, -0.15) is 0 Å². The van der Waals surface area contributed by atoms with E-state index >= 15 is 0 Å². The molecule has 0 amide bonds. The van der Waals surface area contributed by atoms with Gasteiger partial charge in [0, 0.05) is 47.6 Å². The molecule has 2 aliphatic heterocycles. The van der Waals surface area contributed by atoms with Gasteiger partial charge in [-0.3, -0.25) is 9.59 Å². The van der Waals surface area contributed by atoms with Gasteiger partial charge in [-0.05, 0) is 48.9 Å². The second-order valence-corrected chi connectivity index (χ2v) is 8.84. The Balaban J connectivity index is 1.69. The van der Waals surface area contributed by atoms with Gasteiger partial charge >= 0.3 is 5.97 Å². The van der Waals surface area contributed by atoms with Crippen molar-refractivity contribution in [1.29, 1.82) is 0 Å². The van der Waals surface area contributed by atoms with Gasteiger partial charge in [-0.25, -0.2) is 0 Å². The number of esters is 1. The highest BCUT2D eigenvalue weighted by molar-refractivity contribution is 7.11. The Labute approximate surface area is 181 Å². The zero-order valence-electron chi connectivity index (χ0n) is 17.5. The van der Waals surface area contributed by atoms with Crippen LogP contribution in [0, 0.1) is 0 Å². The summed E-state index contributed by atoms with van der Waals surface area (Å²) < 4.78 is 11.0. The predicted octanol–water partition coefficient (Wildman–Crippen LogP) is 4.23. The van der Waals surface area contributed by atoms with Crippen LogP contribution in [0.2, 0.25) is 0 Å². The number of hydrogen-bond donors (Lipinski definition) is 0. The summed E-state index contributed by atoms with van der Waals surface area (Å²) in [6.45, 7) is 4.98. The molecule has 0 saturated carbocycles. The van der Waals surface area contributed by atoms with E-state index in [1.807, 2.05) is 12.1 Å². The number of thiophene rings is 1. The highest BCUT2D eigenvalue weighted by atomic mass is 32.1. The predicted molar refractivity (Wildman–Crippen MR) is 118 cm³/mol. The molecular formula is C24H27NO4S. The number of ether oxygens (including phenoxy) is 2. The molecule has 5 nitrogen and oxygen atoms in total.